The van der Waals surface area contributed by atoms with E-state index in [1.165, 1.54) is 0 Å². The van der Waals surface area contributed by atoms with Crippen molar-refractivity contribution in [1.82, 2.24) is 15.1 Å². The molecule has 0 atom stereocenters. The minimum atomic E-state index is -0.0854. The number of piperazine rings is 1. The average Bonchev–Trinajstić information content (AvgIpc) is 2.62. The van der Waals surface area contributed by atoms with E-state index in [4.69, 9.17) is 4.74 Å². The summed E-state index contributed by atoms with van der Waals surface area (Å²) in [6.45, 7) is 3.96. The fourth-order valence-electron chi connectivity index (χ4n) is 2.77. The Hall–Kier alpha value is -1.54. The number of amides is 2. The zero-order valence-corrected chi connectivity index (χ0v) is 17.8. The molecule has 2 rings (SSSR count). The van der Waals surface area contributed by atoms with Crippen molar-refractivity contribution in [3.8, 4) is 5.75 Å². The first-order chi connectivity index (χ1) is 12.0. The van der Waals surface area contributed by atoms with Crippen LogP contribution < -0.4 is 15.4 Å². The summed E-state index contributed by atoms with van der Waals surface area (Å²) >= 11 is 0. The maximum Gasteiger partial charge on any atom is 0.254 e. The van der Waals surface area contributed by atoms with Gasteiger partial charge in [0.2, 0.25) is 5.91 Å². The number of benzene rings is 1. The summed E-state index contributed by atoms with van der Waals surface area (Å²) in [4.78, 5) is 28.8. The van der Waals surface area contributed by atoms with Gasteiger partial charge in [-0.25, -0.2) is 0 Å². The van der Waals surface area contributed by atoms with Crippen molar-refractivity contribution in [3.05, 3.63) is 23.8 Å². The predicted octanol–water partition coefficient (Wildman–Crippen LogP) is 1.86. The lowest BCUT2D eigenvalue weighted by Crippen LogP contribution is -2.47. The zero-order valence-electron chi connectivity index (χ0n) is 16.1. The van der Waals surface area contributed by atoms with Gasteiger partial charge >= 0.3 is 0 Å². The third-order valence-corrected chi connectivity index (χ3v) is 4.34. The van der Waals surface area contributed by atoms with Crippen molar-refractivity contribution in [2.75, 3.05) is 59.2 Å². The molecule has 2 N–H and O–H groups in total. The standard InChI is InChI=1S/C18H28N4O3.2ClH/c1-19-8-4-5-17(23)20-15-13-14(6-7-16(15)25-3)18(24)22-11-9-21(2)10-12-22;;/h6-7,13,19H,4-5,8-12H2,1-3H3,(H,20,23);2*1H. The highest BCUT2D eigenvalue weighted by Crippen LogP contribution is 2.26. The second kappa shape index (κ2) is 12.8. The Balaban J connectivity index is 0.00000338. The molecule has 1 heterocycles. The van der Waals surface area contributed by atoms with Gasteiger partial charge in [0, 0.05) is 38.2 Å². The number of hydrogen-bond donors (Lipinski definition) is 2. The molecule has 0 aromatic heterocycles. The highest BCUT2D eigenvalue weighted by Gasteiger charge is 2.21. The second-order valence-electron chi connectivity index (χ2n) is 6.27. The lowest BCUT2D eigenvalue weighted by Gasteiger charge is -2.32. The fourth-order valence-corrected chi connectivity index (χ4v) is 2.77. The fraction of sp³-hybridized carbons (Fsp3) is 0.556. The molecule has 1 aromatic rings. The highest BCUT2D eigenvalue weighted by atomic mass is 35.5. The minimum Gasteiger partial charge on any atom is -0.495 e. The number of carbonyl (C=O) groups excluding carboxylic acids is 2. The molecule has 27 heavy (non-hydrogen) atoms. The first-order valence-corrected chi connectivity index (χ1v) is 8.65. The molecule has 1 aromatic carbocycles. The van der Waals surface area contributed by atoms with Crippen LogP contribution in [-0.2, 0) is 4.79 Å². The van der Waals surface area contributed by atoms with Crippen molar-refractivity contribution >= 4 is 42.3 Å². The average molecular weight is 421 g/mol. The second-order valence-corrected chi connectivity index (χ2v) is 6.27. The predicted molar refractivity (Wildman–Crippen MR) is 113 cm³/mol. The number of hydrogen-bond acceptors (Lipinski definition) is 5. The van der Waals surface area contributed by atoms with Crippen molar-refractivity contribution in [3.63, 3.8) is 0 Å². The number of methoxy groups -OCH3 is 1. The van der Waals surface area contributed by atoms with Crippen molar-refractivity contribution in [2.45, 2.75) is 12.8 Å². The van der Waals surface area contributed by atoms with Crippen LogP contribution in [0.25, 0.3) is 0 Å². The molecular formula is C18H30Cl2N4O3. The molecule has 9 heteroatoms. The van der Waals surface area contributed by atoms with Crippen LogP contribution in [0.2, 0.25) is 0 Å². The van der Waals surface area contributed by atoms with Crippen LogP contribution in [-0.4, -0.2) is 75.5 Å². The Morgan fingerprint density at radius 1 is 1.15 bits per heavy atom. The molecule has 0 saturated carbocycles. The molecule has 0 spiro atoms. The number of anilines is 1. The van der Waals surface area contributed by atoms with Crippen molar-refractivity contribution in [1.29, 1.82) is 0 Å². The SMILES string of the molecule is CNCCCC(=O)Nc1cc(C(=O)N2CCN(C)CC2)ccc1OC.Cl.Cl. The van der Waals surface area contributed by atoms with Crippen LogP contribution in [0, 0.1) is 0 Å². The number of carbonyl (C=O) groups is 2. The van der Waals surface area contributed by atoms with Crippen LogP contribution in [0.1, 0.15) is 23.2 Å². The normalized spacial score (nSPS) is 14.0. The Kier molecular flexibility index (Phi) is 12.0. The smallest absolute Gasteiger partial charge is 0.254 e. The monoisotopic (exact) mass is 420 g/mol. The van der Waals surface area contributed by atoms with E-state index in [0.717, 1.165) is 26.1 Å². The van der Waals surface area contributed by atoms with Crippen LogP contribution in [0.4, 0.5) is 5.69 Å². The number of ether oxygens (including phenoxy) is 1. The summed E-state index contributed by atoms with van der Waals surface area (Å²) in [5, 5.41) is 5.87. The number of nitrogens with zero attached hydrogens (tertiary/aromatic N) is 2. The van der Waals surface area contributed by atoms with E-state index in [-0.39, 0.29) is 36.6 Å². The van der Waals surface area contributed by atoms with Crippen LogP contribution in [0.15, 0.2) is 18.2 Å². The van der Waals surface area contributed by atoms with Crippen molar-refractivity contribution < 1.29 is 14.3 Å². The zero-order chi connectivity index (χ0) is 18.2. The molecule has 154 valence electrons. The molecule has 0 bridgehead atoms. The summed E-state index contributed by atoms with van der Waals surface area (Å²) in [6, 6.07) is 5.18. The van der Waals surface area contributed by atoms with Gasteiger partial charge in [0.1, 0.15) is 5.75 Å². The van der Waals surface area contributed by atoms with Gasteiger partial charge in [-0.3, -0.25) is 9.59 Å². The van der Waals surface area contributed by atoms with E-state index in [1.807, 2.05) is 11.9 Å². The van der Waals surface area contributed by atoms with Crippen molar-refractivity contribution in [2.24, 2.45) is 0 Å². The molecule has 7 nitrogen and oxygen atoms in total. The molecule has 0 unspecified atom stereocenters. The molecule has 0 radical (unpaired) electrons. The Morgan fingerprint density at radius 3 is 2.41 bits per heavy atom. The molecule has 1 saturated heterocycles. The lowest BCUT2D eigenvalue weighted by molar-refractivity contribution is -0.116. The summed E-state index contributed by atoms with van der Waals surface area (Å²) < 4.78 is 5.31. The summed E-state index contributed by atoms with van der Waals surface area (Å²) in [5.74, 6) is 0.455. The molecule has 0 aliphatic carbocycles. The minimum absolute atomic E-state index is 0. The molecule has 1 aliphatic heterocycles. The molecule has 1 aliphatic rings. The van der Waals surface area contributed by atoms with Gasteiger partial charge < -0.3 is 25.2 Å². The number of rotatable bonds is 7. The van der Waals surface area contributed by atoms with Gasteiger partial charge in [0.15, 0.2) is 0 Å². The third-order valence-electron chi connectivity index (χ3n) is 4.34. The van der Waals surface area contributed by atoms with E-state index in [2.05, 4.69) is 22.6 Å². The van der Waals surface area contributed by atoms with E-state index in [9.17, 15) is 9.59 Å². The van der Waals surface area contributed by atoms with Crippen LogP contribution >= 0.6 is 24.8 Å². The number of likely N-dealkylation sites (N-methyl/N-ethyl adjacent to an activating group) is 1. The number of halogens is 2. The molecule has 1 fully saturated rings. The highest BCUT2D eigenvalue weighted by molar-refractivity contribution is 5.98. The Morgan fingerprint density at radius 2 is 1.81 bits per heavy atom. The van der Waals surface area contributed by atoms with E-state index >= 15 is 0 Å². The maximum absolute atomic E-state index is 12.7. The molecule has 2 amide bonds. The first-order valence-electron chi connectivity index (χ1n) is 8.65. The largest absolute Gasteiger partial charge is 0.495 e. The maximum atomic E-state index is 12.7. The molecular weight excluding hydrogens is 391 g/mol. The number of nitrogens with one attached hydrogen (secondary N) is 2. The quantitative estimate of drug-likeness (QED) is 0.658. The summed E-state index contributed by atoms with van der Waals surface area (Å²) in [6.07, 6.45) is 1.17. The topological polar surface area (TPSA) is 73.9 Å². The van der Waals surface area contributed by atoms with Gasteiger partial charge in [-0.2, -0.15) is 0 Å². The van der Waals surface area contributed by atoms with E-state index in [1.54, 1.807) is 25.3 Å². The summed E-state index contributed by atoms with van der Waals surface area (Å²) in [5.41, 5.74) is 1.10. The van der Waals surface area contributed by atoms with Gasteiger partial charge in [-0.05, 0) is 45.3 Å². The first kappa shape index (κ1) is 25.5. The van der Waals surface area contributed by atoms with Gasteiger partial charge in [0.05, 0.1) is 12.8 Å². The van der Waals surface area contributed by atoms with Gasteiger partial charge in [-0.15, -0.1) is 24.8 Å². The Bertz CT molecular complexity index is 608. The Labute approximate surface area is 173 Å². The summed E-state index contributed by atoms with van der Waals surface area (Å²) in [7, 11) is 5.46. The lowest BCUT2D eigenvalue weighted by atomic mass is 10.1. The van der Waals surface area contributed by atoms with E-state index in [0.29, 0.717) is 36.5 Å². The van der Waals surface area contributed by atoms with E-state index < -0.39 is 0 Å². The third kappa shape index (κ3) is 7.54. The van der Waals surface area contributed by atoms with Gasteiger partial charge in [0.25, 0.3) is 5.91 Å². The van der Waals surface area contributed by atoms with Crippen LogP contribution in [0.3, 0.4) is 0 Å². The van der Waals surface area contributed by atoms with Gasteiger partial charge in [-0.1, -0.05) is 0 Å². The van der Waals surface area contributed by atoms with Crippen LogP contribution in [0.5, 0.6) is 5.75 Å².